The number of carbonyl (C=O) groups excluding carboxylic acids is 2. The molecule has 0 aliphatic carbocycles. The Kier molecular flexibility index (Phi) is 3.04. The molecule has 5 nitrogen and oxygen atoms in total. The Morgan fingerprint density at radius 3 is 2.56 bits per heavy atom. The van der Waals surface area contributed by atoms with Crippen LogP contribution in [0.15, 0.2) is 5.16 Å². The lowest BCUT2D eigenvalue weighted by Crippen LogP contribution is -2.16. The molecular weight excluding hydrogens is 124 g/mol. The third-order valence-corrected chi connectivity index (χ3v) is 0.550. The lowest BCUT2D eigenvalue weighted by Gasteiger charge is -1.84. The molecule has 0 heterocycles. The summed E-state index contributed by atoms with van der Waals surface area (Å²) in [6.07, 6.45) is 0.217. The Morgan fingerprint density at radius 1 is 1.67 bits per heavy atom. The van der Waals surface area contributed by atoms with Crippen LogP contribution in [0.2, 0.25) is 0 Å². The normalized spacial score (nSPS) is 9.78. The van der Waals surface area contributed by atoms with Crippen molar-refractivity contribution >= 4 is 17.9 Å². The highest BCUT2D eigenvalue weighted by Gasteiger charge is 2.01. The van der Waals surface area contributed by atoms with Gasteiger partial charge in [-0.15, -0.1) is 0 Å². The van der Waals surface area contributed by atoms with E-state index in [2.05, 4.69) is 10.9 Å². The molecule has 0 spiro atoms. The van der Waals surface area contributed by atoms with E-state index >= 15 is 0 Å². The summed E-state index contributed by atoms with van der Waals surface area (Å²) in [6, 6.07) is 0. The van der Waals surface area contributed by atoms with Gasteiger partial charge in [-0.2, -0.15) is 0 Å². The summed E-state index contributed by atoms with van der Waals surface area (Å²) in [6.45, 7) is 0. The van der Waals surface area contributed by atoms with Crippen molar-refractivity contribution in [1.29, 1.82) is 0 Å². The van der Waals surface area contributed by atoms with Gasteiger partial charge >= 0.3 is 0 Å². The van der Waals surface area contributed by atoms with Crippen LogP contribution in [0.5, 0.6) is 0 Å². The summed E-state index contributed by atoms with van der Waals surface area (Å²) in [4.78, 5) is 20.2. The number of hydrogen-bond acceptors (Lipinski definition) is 4. The average molecular weight is 130 g/mol. The number of primary amides is 1. The predicted molar refractivity (Wildman–Crippen MR) is 29.1 cm³/mol. The lowest BCUT2D eigenvalue weighted by molar-refractivity contribution is -0.123. The van der Waals surface area contributed by atoms with Gasteiger partial charge in [0.1, 0.15) is 6.21 Å². The zero-order valence-corrected chi connectivity index (χ0v) is 4.57. The molecule has 0 rings (SSSR count). The molecule has 5 heteroatoms. The monoisotopic (exact) mass is 130 g/mol. The van der Waals surface area contributed by atoms with Crippen LogP contribution in [0.25, 0.3) is 0 Å². The molecule has 0 radical (unpaired) electrons. The first-order chi connectivity index (χ1) is 4.16. The van der Waals surface area contributed by atoms with Gasteiger partial charge in [0.2, 0.25) is 5.91 Å². The summed E-state index contributed by atoms with van der Waals surface area (Å²) in [7, 11) is 0. The van der Waals surface area contributed by atoms with Crippen LogP contribution in [0.1, 0.15) is 6.42 Å². The number of ketones is 1. The number of oxime groups is 1. The molecule has 0 aromatic carbocycles. The molecule has 0 saturated carbocycles. The van der Waals surface area contributed by atoms with Crippen LogP contribution < -0.4 is 5.73 Å². The van der Waals surface area contributed by atoms with Crippen LogP contribution in [0.4, 0.5) is 0 Å². The Hall–Kier alpha value is -1.39. The molecule has 1 amide bonds. The Morgan fingerprint density at radius 2 is 2.22 bits per heavy atom. The Balaban J connectivity index is 3.64. The van der Waals surface area contributed by atoms with Gasteiger partial charge in [-0.05, 0) is 0 Å². The highest BCUT2D eigenvalue weighted by Crippen LogP contribution is 1.75. The Labute approximate surface area is 51.1 Å². The molecule has 0 aromatic rings. The minimum Gasteiger partial charge on any atom is -0.411 e. The van der Waals surface area contributed by atoms with E-state index in [0.717, 1.165) is 0 Å². The predicted octanol–water partition coefficient (Wildman–Crippen LogP) is -1.11. The van der Waals surface area contributed by atoms with Gasteiger partial charge in [-0.1, -0.05) is 5.16 Å². The number of hydrogen-bond donors (Lipinski definition) is 2. The van der Waals surface area contributed by atoms with Crippen molar-refractivity contribution in [2.75, 3.05) is 0 Å². The molecule has 0 aliphatic rings. The van der Waals surface area contributed by atoms with Crippen LogP contribution in [0, 0.1) is 0 Å². The minimum atomic E-state index is -0.736. The second-order valence-corrected chi connectivity index (χ2v) is 1.35. The number of Topliss-reactive ketones (excluding diaryl/α,β-unsaturated/α-hetero) is 1. The molecule has 0 unspecified atom stereocenters. The fourth-order valence-electron chi connectivity index (χ4n) is 0.282. The van der Waals surface area contributed by atoms with Gasteiger partial charge in [-0.25, -0.2) is 0 Å². The van der Waals surface area contributed by atoms with Crippen molar-refractivity contribution in [3.05, 3.63) is 0 Å². The van der Waals surface area contributed by atoms with Crippen LogP contribution >= 0.6 is 0 Å². The van der Waals surface area contributed by atoms with Crippen molar-refractivity contribution < 1.29 is 14.8 Å². The standard InChI is InChI=1S/C4H6N2O3/c5-4(8)1-3(7)2-6-9/h2,9H,1H2,(H2,5,8). The van der Waals surface area contributed by atoms with Crippen molar-refractivity contribution in [3.63, 3.8) is 0 Å². The molecule has 9 heavy (non-hydrogen) atoms. The zero-order chi connectivity index (χ0) is 7.28. The van der Waals surface area contributed by atoms with Crippen molar-refractivity contribution in [2.24, 2.45) is 10.9 Å². The Bertz CT molecular complexity index is 152. The fraction of sp³-hybridized carbons (Fsp3) is 0.250. The number of nitrogens with zero attached hydrogens (tertiary/aromatic N) is 1. The maximum atomic E-state index is 10.2. The molecule has 0 atom stereocenters. The van der Waals surface area contributed by atoms with Crippen LogP contribution in [-0.4, -0.2) is 23.1 Å². The number of amides is 1. The highest BCUT2D eigenvalue weighted by atomic mass is 16.4. The van der Waals surface area contributed by atoms with Gasteiger partial charge in [-0.3, -0.25) is 9.59 Å². The molecule has 0 aromatic heterocycles. The minimum absolute atomic E-state index is 0.413. The first kappa shape index (κ1) is 7.61. The van der Waals surface area contributed by atoms with Gasteiger partial charge < -0.3 is 10.9 Å². The van der Waals surface area contributed by atoms with Crippen molar-refractivity contribution in [3.8, 4) is 0 Å². The van der Waals surface area contributed by atoms with E-state index in [1.165, 1.54) is 0 Å². The number of rotatable bonds is 3. The van der Waals surface area contributed by atoms with Gasteiger partial charge in [0.05, 0.1) is 6.42 Å². The first-order valence-corrected chi connectivity index (χ1v) is 2.15. The quantitative estimate of drug-likeness (QED) is 0.219. The largest absolute Gasteiger partial charge is 0.411 e. The summed E-state index contributed by atoms with van der Waals surface area (Å²) in [5, 5.41) is 10.2. The number of nitrogens with two attached hydrogens (primary N) is 1. The van der Waals surface area contributed by atoms with E-state index in [9.17, 15) is 9.59 Å². The SMILES string of the molecule is NC(=O)CC(=O)C=NO. The van der Waals surface area contributed by atoms with E-state index in [1.54, 1.807) is 0 Å². The maximum absolute atomic E-state index is 10.2. The second-order valence-electron chi connectivity index (χ2n) is 1.35. The molecule has 3 N–H and O–H groups in total. The van der Waals surface area contributed by atoms with Gasteiger partial charge in [0, 0.05) is 0 Å². The van der Waals surface area contributed by atoms with Crippen LogP contribution in [0.3, 0.4) is 0 Å². The molecule has 0 saturated heterocycles. The van der Waals surface area contributed by atoms with Crippen molar-refractivity contribution in [1.82, 2.24) is 0 Å². The summed E-state index contributed by atoms with van der Waals surface area (Å²) in [5.74, 6) is -1.34. The van der Waals surface area contributed by atoms with E-state index in [4.69, 9.17) is 5.21 Å². The summed E-state index contributed by atoms with van der Waals surface area (Å²) >= 11 is 0. The van der Waals surface area contributed by atoms with Crippen molar-refractivity contribution in [2.45, 2.75) is 6.42 Å². The topological polar surface area (TPSA) is 92.8 Å². The second kappa shape index (κ2) is 3.59. The first-order valence-electron chi connectivity index (χ1n) is 2.15. The highest BCUT2D eigenvalue weighted by molar-refractivity contribution is 6.31. The summed E-state index contributed by atoms with van der Waals surface area (Å²) in [5.41, 5.74) is 4.62. The summed E-state index contributed by atoms with van der Waals surface area (Å²) < 4.78 is 0. The van der Waals surface area contributed by atoms with Gasteiger partial charge in [0.15, 0.2) is 5.78 Å². The third-order valence-electron chi connectivity index (χ3n) is 0.550. The van der Waals surface area contributed by atoms with E-state index in [1.807, 2.05) is 0 Å². The zero-order valence-electron chi connectivity index (χ0n) is 4.57. The average Bonchev–Trinajstić information content (AvgIpc) is 1.63. The van der Waals surface area contributed by atoms with E-state index < -0.39 is 18.1 Å². The third kappa shape index (κ3) is 4.46. The van der Waals surface area contributed by atoms with E-state index in [0.29, 0.717) is 6.21 Å². The lowest BCUT2D eigenvalue weighted by atomic mass is 10.3. The smallest absolute Gasteiger partial charge is 0.225 e. The molecule has 50 valence electrons. The fourth-order valence-corrected chi connectivity index (χ4v) is 0.282. The molecular formula is C4H6N2O3. The number of carbonyl (C=O) groups is 2. The maximum Gasteiger partial charge on any atom is 0.225 e. The van der Waals surface area contributed by atoms with Crippen LogP contribution in [-0.2, 0) is 9.59 Å². The molecule has 0 fully saturated rings. The molecule has 0 aliphatic heterocycles. The molecule has 0 bridgehead atoms. The van der Waals surface area contributed by atoms with Gasteiger partial charge in [0.25, 0.3) is 0 Å². The van der Waals surface area contributed by atoms with E-state index in [-0.39, 0.29) is 0 Å².